The molecule has 0 saturated heterocycles. The standard InChI is InChI=1S/C21H34N6O5/c1-12(2)10-17(19(30)26-16(20(31)32)4-3-9-25-21(23)24)27-18(29)15(22)11-13-5-7-14(28)8-6-13/h5-8,12,15-17,28H,3-4,9-11,22H2,1-2H3,(H,26,30)(H,27,29)(H,31,32)(H4,23,24,25). The van der Waals surface area contributed by atoms with E-state index in [0.717, 1.165) is 5.56 Å². The molecule has 32 heavy (non-hydrogen) atoms. The molecule has 0 fully saturated rings. The second kappa shape index (κ2) is 13.2. The van der Waals surface area contributed by atoms with E-state index in [0.29, 0.717) is 12.8 Å². The van der Waals surface area contributed by atoms with Gasteiger partial charge in [-0.3, -0.25) is 14.6 Å². The first-order valence-corrected chi connectivity index (χ1v) is 10.4. The van der Waals surface area contributed by atoms with Crippen molar-refractivity contribution in [3.63, 3.8) is 0 Å². The summed E-state index contributed by atoms with van der Waals surface area (Å²) in [4.78, 5) is 40.7. The van der Waals surface area contributed by atoms with Gasteiger partial charge in [0.25, 0.3) is 0 Å². The lowest BCUT2D eigenvalue weighted by atomic mass is 10.0. The lowest BCUT2D eigenvalue weighted by Gasteiger charge is -2.24. The van der Waals surface area contributed by atoms with Crippen LogP contribution in [0.5, 0.6) is 5.75 Å². The number of aromatic hydroxyl groups is 1. The highest BCUT2D eigenvalue weighted by Gasteiger charge is 2.28. The highest BCUT2D eigenvalue weighted by atomic mass is 16.4. The molecular formula is C21H34N6O5. The summed E-state index contributed by atoms with van der Waals surface area (Å²) in [5, 5.41) is 23.9. The average molecular weight is 451 g/mol. The number of hydrogen-bond donors (Lipinski definition) is 7. The zero-order valence-electron chi connectivity index (χ0n) is 18.5. The molecule has 0 aliphatic rings. The first kappa shape index (κ1) is 26.7. The maximum Gasteiger partial charge on any atom is 0.326 e. The Labute approximate surface area is 187 Å². The number of carboxylic acid groups (broad SMARTS) is 1. The minimum Gasteiger partial charge on any atom is -0.508 e. The quantitative estimate of drug-likeness (QED) is 0.117. The number of rotatable bonds is 13. The maximum atomic E-state index is 12.8. The van der Waals surface area contributed by atoms with Crippen molar-refractivity contribution in [3.05, 3.63) is 29.8 Å². The van der Waals surface area contributed by atoms with Crippen LogP contribution in [0.2, 0.25) is 0 Å². The van der Waals surface area contributed by atoms with E-state index in [2.05, 4.69) is 15.6 Å². The van der Waals surface area contributed by atoms with Crippen molar-refractivity contribution in [1.82, 2.24) is 10.6 Å². The van der Waals surface area contributed by atoms with Gasteiger partial charge in [0.15, 0.2) is 5.96 Å². The number of aliphatic carboxylic acids is 1. The van der Waals surface area contributed by atoms with Crippen LogP contribution in [0.15, 0.2) is 29.3 Å². The van der Waals surface area contributed by atoms with Crippen LogP contribution in [0.25, 0.3) is 0 Å². The first-order valence-electron chi connectivity index (χ1n) is 10.4. The number of amides is 2. The van der Waals surface area contributed by atoms with E-state index in [1.165, 1.54) is 12.1 Å². The van der Waals surface area contributed by atoms with Gasteiger partial charge in [-0.25, -0.2) is 4.79 Å². The van der Waals surface area contributed by atoms with Crippen LogP contribution in [0.3, 0.4) is 0 Å². The monoisotopic (exact) mass is 450 g/mol. The fourth-order valence-electron chi connectivity index (χ4n) is 2.99. The molecule has 3 unspecified atom stereocenters. The summed E-state index contributed by atoms with van der Waals surface area (Å²) in [6, 6.07) is 3.29. The Morgan fingerprint density at radius 2 is 1.62 bits per heavy atom. The fraction of sp³-hybridized carbons (Fsp3) is 0.524. The molecule has 0 saturated carbocycles. The smallest absolute Gasteiger partial charge is 0.326 e. The van der Waals surface area contributed by atoms with Gasteiger partial charge in [0.2, 0.25) is 11.8 Å². The van der Waals surface area contributed by atoms with Crippen molar-refractivity contribution in [1.29, 1.82) is 0 Å². The Morgan fingerprint density at radius 1 is 1.03 bits per heavy atom. The number of carbonyl (C=O) groups excluding carboxylic acids is 2. The second-order valence-corrected chi connectivity index (χ2v) is 8.02. The summed E-state index contributed by atoms with van der Waals surface area (Å²) in [6.07, 6.45) is 1.00. The minimum absolute atomic E-state index is 0.0597. The molecule has 1 aromatic carbocycles. The minimum atomic E-state index is -1.19. The van der Waals surface area contributed by atoms with Crippen molar-refractivity contribution < 1.29 is 24.6 Å². The molecule has 0 aliphatic carbocycles. The van der Waals surface area contributed by atoms with E-state index in [9.17, 15) is 24.6 Å². The molecule has 0 radical (unpaired) electrons. The Hall–Kier alpha value is -3.34. The van der Waals surface area contributed by atoms with Crippen molar-refractivity contribution in [2.75, 3.05) is 6.54 Å². The maximum absolute atomic E-state index is 12.8. The molecule has 0 spiro atoms. The van der Waals surface area contributed by atoms with Gasteiger partial charge in [-0.05, 0) is 49.3 Å². The summed E-state index contributed by atoms with van der Waals surface area (Å²) >= 11 is 0. The third-order valence-electron chi connectivity index (χ3n) is 4.63. The molecule has 1 aromatic rings. The van der Waals surface area contributed by atoms with E-state index in [-0.39, 0.29) is 37.0 Å². The van der Waals surface area contributed by atoms with Gasteiger partial charge in [-0.2, -0.15) is 0 Å². The molecule has 2 amide bonds. The average Bonchev–Trinajstić information content (AvgIpc) is 2.70. The Morgan fingerprint density at radius 3 is 2.16 bits per heavy atom. The molecule has 0 aliphatic heterocycles. The zero-order chi connectivity index (χ0) is 24.3. The number of carboxylic acids is 1. The number of benzene rings is 1. The van der Waals surface area contributed by atoms with Gasteiger partial charge in [-0.15, -0.1) is 0 Å². The van der Waals surface area contributed by atoms with Crippen LogP contribution >= 0.6 is 0 Å². The normalized spacial score (nSPS) is 13.6. The number of phenols is 1. The number of guanidine groups is 1. The Kier molecular flexibility index (Phi) is 11.0. The fourth-order valence-corrected chi connectivity index (χ4v) is 2.99. The molecular weight excluding hydrogens is 416 g/mol. The molecule has 0 aromatic heterocycles. The SMILES string of the molecule is CC(C)CC(NC(=O)C(N)Cc1ccc(O)cc1)C(=O)NC(CCCN=C(N)N)C(=O)O. The van der Waals surface area contributed by atoms with Crippen molar-refractivity contribution in [3.8, 4) is 5.75 Å². The molecule has 11 nitrogen and oxygen atoms in total. The molecule has 10 N–H and O–H groups in total. The van der Waals surface area contributed by atoms with Gasteiger partial charge in [0, 0.05) is 6.54 Å². The molecule has 3 atom stereocenters. The van der Waals surface area contributed by atoms with Gasteiger partial charge >= 0.3 is 5.97 Å². The summed E-state index contributed by atoms with van der Waals surface area (Å²) < 4.78 is 0. The number of nitrogens with two attached hydrogens (primary N) is 3. The molecule has 0 heterocycles. The summed E-state index contributed by atoms with van der Waals surface area (Å²) in [5.74, 6) is -2.25. The van der Waals surface area contributed by atoms with Crippen LogP contribution in [0, 0.1) is 5.92 Å². The van der Waals surface area contributed by atoms with Crippen LogP contribution in [0.4, 0.5) is 0 Å². The summed E-state index contributed by atoms with van der Waals surface area (Å²) in [7, 11) is 0. The number of carbonyl (C=O) groups is 3. The lowest BCUT2D eigenvalue weighted by Crippen LogP contribution is -2.55. The number of hydrogen-bond acceptors (Lipinski definition) is 6. The predicted octanol–water partition coefficient (Wildman–Crippen LogP) is -0.584. The third-order valence-corrected chi connectivity index (χ3v) is 4.63. The van der Waals surface area contributed by atoms with Crippen LogP contribution < -0.4 is 27.8 Å². The largest absolute Gasteiger partial charge is 0.508 e. The highest BCUT2D eigenvalue weighted by molar-refractivity contribution is 5.91. The van der Waals surface area contributed by atoms with Crippen LogP contribution in [-0.4, -0.2) is 58.6 Å². The molecule has 0 bridgehead atoms. The van der Waals surface area contributed by atoms with E-state index in [1.807, 2.05) is 13.8 Å². The van der Waals surface area contributed by atoms with Gasteiger partial charge in [0.05, 0.1) is 6.04 Å². The predicted molar refractivity (Wildman–Crippen MR) is 121 cm³/mol. The Balaban J connectivity index is 2.76. The Bertz CT molecular complexity index is 792. The topological polar surface area (TPSA) is 206 Å². The van der Waals surface area contributed by atoms with E-state index in [1.54, 1.807) is 12.1 Å². The van der Waals surface area contributed by atoms with Crippen molar-refractivity contribution in [2.45, 2.75) is 57.7 Å². The zero-order valence-corrected chi connectivity index (χ0v) is 18.5. The van der Waals surface area contributed by atoms with E-state index in [4.69, 9.17) is 17.2 Å². The molecule has 1 rings (SSSR count). The van der Waals surface area contributed by atoms with Crippen molar-refractivity contribution in [2.24, 2.45) is 28.1 Å². The molecule has 178 valence electrons. The summed E-state index contributed by atoms with van der Waals surface area (Å²) in [5.41, 5.74) is 17.2. The number of nitrogens with one attached hydrogen (secondary N) is 2. The van der Waals surface area contributed by atoms with Gasteiger partial charge in [0.1, 0.15) is 17.8 Å². The number of nitrogens with zero attached hydrogens (tertiary/aromatic N) is 1. The van der Waals surface area contributed by atoms with Crippen LogP contribution in [0.1, 0.15) is 38.7 Å². The van der Waals surface area contributed by atoms with E-state index < -0.39 is 35.9 Å². The summed E-state index contributed by atoms with van der Waals surface area (Å²) in [6.45, 7) is 4.00. The first-order chi connectivity index (χ1) is 15.0. The van der Waals surface area contributed by atoms with Gasteiger partial charge < -0.3 is 38.0 Å². The highest BCUT2D eigenvalue weighted by Crippen LogP contribution is 2.12. The van der Waals surface area contributed by atoms with Crippen LogP contribution in [-0.2, 0) is 20.8 Å². The number of aliphatic imine (C=N–C) groups is 1. The molecule has 11 heteroatoms. The second-order valence-electron chi connectivity index (χ2n) is 8.02. The third kappa shape index (κ3) is 10.1. The number of phenolic OH excluding ortho intramolecular Hbond substituents is 1. The van der Waals surface area contributed by atoms with Crippen molar-refractivity contribution >= 4 is 23.7 Å². The van der Waals surface area contributed by atoms with Gasteiger partial charge in [-0.1, -0.05) is 26.0 Å². The van der Waals surface area contributed by atoms with E-state index >= 15 is 0 Å². The lowest BCUT2D eigenvalue weighted by molar-refractivity contribution is -0.142.